The Morgan fingerprint density at radius 2 is 1.71 bits per heavy atom. The van der Waals surface area contributed by atoms with Crippen molar-refractivity contribution in [3.05, 3.63) is 53.7 Å². The molecule has 0 radical (unpaired) electrons. The number of halogens is 1. The van der Waals surface area contributed by atoms with Gasteiger partial charge in [0.25, 0.3) is 0 Å². The minimum atomic E-state index is 0. The number of nitrogens with zero attached hydrogens (tertiary/aromatic N) is 4. The molecular weight excluding hydrogens is 465 g/mol. The lowest BCUT2D eigenvalue weighted by atomic mass is 10.2. The first-order chi connectivity index (χ1) is 13.1. The summed E-state index contributed by atoms with van der Waals surface area (Å²) in [6.45, 7) is 7.66. The Bertz CT molecular complexity index is 715. The molecule has 0 aliphatic carbocycles. The fraction of sp³-hybridized carbons (Fsp3) is 0.429. The van der Waals surface area contributed by atoms with Crippen molar-refractivity contribution in [2.24, 2.45) is 4.99 Å². The molecule has 2 rings (SSSR count). The number of benzene rings is 1. The van der Waals surface area contributed by atoms with Crippen LogP contribution in [0.3, 0.4) is 0 Å². The molecule has 2 aromatic rings. The van der Waals surface area contributed by atoms with Crippen LogP contribution in [0.1, 0.15) is 25.0 Å². The SMILES string of the molecule is CCN(CC)c1ccc(CNC(=NC)N(C)Cc2ccc(OC)cc2)cn1.I. The Morgan fingerprint density at radius 1 is 1.07 bits per heavy atom. The molecule has 154 valence electrons. The number of anilines is 1. The molecule has 0 aliphatic rings. The normalized spacial score (nSPS) is 10.8. The second-order valence-electron chi connectivity index (χ2n) is 6.30. The lowest BCUT2D eigenvalue weighted by Gasteiger charge is -2.23. The smallest absolute Gasteiger partial charge is 0.193 e. The number of pyridine rings is 1. The van der Waals surface area contributed by atoms with Crippen molar-refractivity contribution >= 4 is 35.8 Å². The van der Waals surface area contributed by atoms with Crippen LogP contribution in [0.2, 0.25) is 0 Å². The van der Waals surface area contributed by atoms with Crippen molar-refractivity contribution < 1.29 is 4.74 Å². The maximum atomic E-state index is 5.21. The van der Waals surface area contributed by atoms with E-state index < -0.39 is 0 Å². The van der Waals surface area contributed by atoms with E-state index in [0.717, 1.165) is 42.7 Å². The predicted octanol–water partition coefficient (Wildman–Crippen LogP) is 3.76. The molecule has 1 aromatic carbocycles. The first kappa shape index (κ1) is 24.0. The summed E-state index contributed by atoms with van der Waals surface area (Å²) in [6, 6.07) is 12.3. The monoisotopic (exact) mass is 497 g/mol. The first-order valence-corrected chi connectivity index (χ1v) is 9.35. The first-order valence-electron chi connectivity index (χ1n) is 9.35. The molecule has 0 bridgehead atoms. The van der Waals surface area contributed by atoms with Crippen molar-refractivity contribution in [1.82, 2.24) is 15.2 Å². The lowest BCUT2D eigenvalue weighted by Crippen LogP contribution is -2.38. The van der Waals surface area contributed by atoms with Gasteiger partial charge in [0.05, 0.1) is 7.11 Å². The van der Waals surface area contributed by atoms with Gasteiger partial charge >= 0.3 is 0 Å². The molecule has 0 fully saturated rings. The van der Waals surface area contributed by atoms with Gasteiger partial charge in [-0.25, -0.2) is 4.98 Å². The molecule has 0 saturated carbocycles. The molecular formula is C21H32IN5O. The van der Waals surface area contributed by atoms with E-state index in [1.54, 1.807) is 14.2 Å². The third-order valence-electron chi connectivity index (χ3n) is 4.50. The van der Waals surface area contributed by atoms with E-state index in [2.05, 4.69) is 63.2 Å². The van der Waals surface area contributed by atoms with Gasteiger partial charge in [0.2, 0.25) is 0 Å². The van der Waals surface area contributed by atoms with E-state index in [4.69, 9.17) is 4.74 Å². The zero-order valence-corrected chi connectivity index (χ0v) is 19.8. The van der Waals surface area contributed by atoms with Crippen LogP contribution < -0.4 is 15.0 Å². The average molecular weight is 497 g/mol. The van der Waals surface area contributed by atoms with Crippen LogP contribution in [0.5, 0.6) is 5.75 Å². The Labute approximate surface area is 186 Å². The number of rotatable bonds is 8. The van der Waals surface area contributed by atoms with Crippen molar-refractivity contribution in [3.63, 3.8) is 0 Å². The molecule has 0 saturated heterocycles. The molecule has 1 heterocycles. The average Bonchev–Trinajstić information content (AvgIpc) is 2.71. The van der Waals surface area contributed by atoms with E-state index in [-0.39, 0.29) is 24.0 Å². The Kier molecular flexibility index (Phi) is 10.7. The van der Waals surface area contributed by atoms with Gasteiger partial charge in [-0.05, 0) is 43.2 Å². The minimum absolute atomic E-state index is 0. The fourth-order valence-corrected chi connectivity index (χ4v) is 2.90. The standard InChI is InChI=1S/C21H31N5O.HI/c1-6-26(7-2)20-13-10-18(14-23-20)15-24-21(22-3)25(4)16-17-8-11-19(27-5)12-9-17;/h8-14H,6-7,15-16H2,1-5H3,(H,22,24);1H. The maximum Gasteiger partial charge on any atom is 0.193 e. The molecule has 0 aliphatic heterocycles. The summed E-state index contributed by atoms with van der Waals surface area (Å²) in [4.78, 5) is 13.3. The summed E-state index contributed by atoms with van der Waals surface area (Å²) in [6.07, 6.45) is 1.93. The number of ether oxygens (including phenoxy) is 1. The molecule has 6 nitrogen and oxygen atoms in total. The summed E-state index contributed by atoms with van der Waals surface area (Å²) in [7, 11) is 5.51. The van der Waals surface area contributed by atoms with Crippen molar-refractivity contribution in [2.45, 2.75) is 26.9 Å². The van der Waals surface area contributed by atoms with Gasteiger partial charge < -0.3 is 19.9 Å². The molecule has 7 heteroatoms. The van der Waals surface area contributed by atoms with Gasteiger partial charge in [-0.2, -0.15) is 0 Å². The van der Waals surface area contributed by atoms with Gasteiger partial charge in [0.1, 0.15) is 11.6 Å². The van der Waals surface area contributed by atoms with Crippen LogP contribution in [0.4, 0.5) is 5.82 Å². The van der Waals surface area contributed by atoms with E-state index in [9.17, 15) is 0 Å². The second kappa shape index (κ2) is 12.4. The van der Waals surface area contributed by atoms with Crippen molar-refractivity contribution in [3.8, 4) is 5.75 Å². The lowest BCUT2D eigenvalue weighted by molar-refractivity contribution is 0.414. The Morgan fingerprint density at radius 3 is 2.21 bits per heavy atom. The highest BCUT2D eigenvalue weighted by Crippen LogP contribution is 2.13. The summed E-state index contributed by atoms with van der Waals surface area (Å²) >= 11 is 0. The summed E-state index contributed by atoms with van der Waals surface area (Å²) in [5.74, 6) is 2.73. The molecule has 1 N–H and O–H groups in total. The highest BCUT2D eigenvalue weighted by molar-refractivity contribution is 14.0. The van der Waals surface area contributed by atoms with E-state index in [1.807, 2.05) is 25.4 Å². The van der Waals surface area contributed by atoms with Gasteiger partial charge in [-0.1, -0.05) is 18.2 Å². The highest BCUT2D eigenvalue weighted by Gasteiger charge is 2.08. The molecule has 0 unspecified atom stereocenters. The van der Waals surface area contributed by atoms with E-state index in [1.165, 1.54) is 5.56 Å². The number of methoxy groups -OCH3 is 1. The van der Waals surface area contributed by atoms with E-state index >= 15 is 0 Å². The number of nitrogens with one attached hydrogen (secondary N) is 1. The molecule has 0 spiro atoms. The van der Waals surface area contributed by atoms with Crippen molar-refractivity contribution in [1.29, 1.82) is 0 Å². The third-order valence-corrected chi connectivity index (χ3v) is 4.50. The van der Waals surface area contributed by atoms with Crippen LogP contribution in [0.25, 0.3) is 0 Å². The zero-order chi connectivity index (χ0) is 19.6. The zero-order valence-electron chi connectivity index (χ0n) is 17.5. The molecule has 1 aromatic heterocycles. The predicted molar refractivity (Wildman–Crippen MR) is 128 cm³/mol. The second-order valence-corrected chi connectivity index (χ2v) is 6.30. The molecule has 0 amide bonds. The van der Waals surface area contributed by atoms with Crippen LogP contribution in [0.15, 0.2) is 47.6 Å². The fourth-order valence-electron chi connectivity index (χ4n) is 2.90. The number of aliphatic imine (C=N–C) groups is 1. The van der Waals surface area contributed by atoms with Gasteiger partial charge in [0, 0.05) is 46.5 Å². The topological polar surface area (TPSA) is 53.0 Å². The number of hydrogen-bond acceptors (Lipinski definition) is 4. The van der Waals surface area contributed by atoms with Crippen LogP contribution in [0, 0.1) is 0 Å². The molecule has 0 atom stereocenters. The highest BCUT2D eigenvalue weighted by atomic mass is 127. The molecule has 28 heavy (non-hydrogen) atoms. The maximum absolute atomic E-state index is 5.21. The number of hydrogen-bond donors (Lipinski definition) is 1. The summed E-state index contributed by atoms with van der Waals surface area (Å²) in [5.41, 5.74) is 2.33. The van der Waals surface area contributed by atoms with Gasteiger partial charge in [-0.15, -0.1) is 24.0 Å². The van der Waals surface area contributed by atoms with E-state index in [0.29, 0.717) is 6.54 Å². The third kappa shape index (κ3) is 6.85. The van der Waals surface area contributed by atoms with Crippen LogP contribution in [-0.4, -0.2) is 50.1 Å². The number of guanidine groups is 1. The van der Waals surface area contributed by atoms with Crippen LogP contribution in [-0.2, 0) is 13.1 Å². The summed E-state index contributed by atoms with van der Waals surface area (Å²) in [5, 5.41) is 3.40. The Balaban J connectivity index is 0.00000392. The minimum Gasteiger partial charge on any atom is -0.497 e. The largest absolute Gasteiger partial charge is 0.497 e. The van der Waals surface area contributed by atoms with Crippen molar-refractivity contribution in [2.75, 3.05) is 39.2 Å². The quantitative estimate of drug-likeness (QED) is 0.342. The Hall–Kier alpha value is -2.03. The number of aromatic nitrogens is 1. The summed E-state index contributed by atoms with van der Waals surface area (Å²) < 4.78 is 5.21. The van der Waals surface area contributed by atoms with Gasteiger partial charge in [-0.3, -0.25) is 4.99 Å². The van der Waals surface area contributed by atoms with Gasteiger partial charge in [0.15, 0.2) is 5.96 Å². The van der Waals surface area contributed by atoms with Crippen LogP contribution >= 0.6 is 24.0 Å².